The molecule has 5 nitrogen and oxygen atoms in total. The average molecular weight is 705 g/mol. The number of aromatic nitrogens is 3. The molecule has 0 saturated heterocycles. The van der Waals surface area contributed by atoms with E-state index in [9.17, 15) is 4.79 Å². The van der Waals surface area contributed by atoms with Gasteiger partial charge in [0, 0.05) is 35.9 Å². The predicted octanol–water partition coefficient (Wildman–Crippen LogP) is 9.50. The van der Waals surface area contributed by atoms with Gasteiger partial charge >= 0.3 is 5.97 Å². The second kappa shape index (κ2) is 14.4. The Morgan fingerprint density at radius 2 is 1.20 bits per heavy atom. The van der Waals surface area contributed by atoms with Gasteiger partial charge in [-0.1, -0.05) is 96.6 Å². The second-order valence-electron chi connectivity index (χ2n) is 13.9. The first kappa shape index (κ1) is 34.4. The minimum atomic E-state index is -0.428. The lowest BCUT2D eigenvalue weighted by Gasteiger charge is -2.18. The van der Waals surface area contributed by atoms with E-state index in [1.54, 1.807) is 0 Å². The van der Waals surface area contributed by atoms with Gasteiger partial charge < -0.3 is 4.74 Å². The Balaban J connectivity index is 1.63. The van der Waals surface area contributed by atoms with Crippen LogP contribution in [0.2, 0.25) is 0 Å². The van der Waals surface area contributed by atoms with Crippen molar-refractivity contribution in [2.75, 3.05) is 7.11 Å². The Labute approximate surface area is 316 Å². The Bertz CT molecular complexity index is 2700. The highest BCUT2D eigenvalue weighted by atomic mass is 16.5. The molecule has 5 heteroatoms. The highest BCUT2D eigenvalue weighted by molar-refractivity contribution is 5.98. The molecule has 0 N–H and O–H groups in total. The highest BCUT2D eigenvalue weighted by Crippen LogP contribution is 2.40. The maximum atomic E-state index is 14.4. The van der Waals surface area contributed by atoms with E-state index in [-0.39, 0.29) is 0 Å². The van der Waals surface area contributed by atoms with Crippen LogP contribution in [0, 0.1) is 13.8 Å². The molecule has 0 spiro atoms. The summed E-state index contributed by atoms with van der Waals surface area (Å²) in [5.41, 5.74) is 13.5. The third kappa shape index (κ3) is 6.24. The van der Waals surface area contributed by atoms with E-state index < -0.39 is 5.97 Å². The lowest BCUT2D eigenvalue weighted by Crippen LogP contribution is -2.44. The standard InChI is InChI=1S/C49H42N3O2/c1-33-22-24-36(25-23-33)39-31-45(40-19-11-9-15-34(40)2)52(46(32-39)49(53)54-5)48-42(44-21-13-14-27-50(44)3)29-38(35-16-7-6-8-17-35)30-43(48)47-41-20-12-10-18-37(41)26-28-51(47)4/h6-32H,1-5H3/q+3. The molecule has 0 unspecified atom stereocenters. The molecule has 0 saturated carbocycles. The van der Waals surface area contributed by atoms with Crippen LogP contribution in [0.5, 0.6) is 0 Å². The fourth-order valence-electron chi connectivity index (χ4n) is 7.56. The molecule has 0 aliphatic heterocycles. The summed E-state index contributed by atoms with van der Waals surface area (Å²) < 4.78 is 12.1. The number of benzene rings is 5. The van der Waals surface area contributed by atoms with Crippen molar-refractivity contribution < 1.29 is 23.2 Å². The average Bonchev–Trinajstić information content (AvgIpc) is 3.20. The van der Waals surface area contributed by atoms with Gasteiger partial charge in [0.05, 0.1) is 12.5 Å². The number of nitrogens with zero attached hydrogens (tertiary/aromatic N) is 3. The first-order valence-corrected chi connectivity index (χ1v) is 18.2. The van der Waals surface area contributed by atoms with Crippen LogP contribution in [0.1, 0.15) is 21.6 Å². The number of methoxy groups -OCH3 is 1. The van der Waals surface area contributed by atoms with Gasteiger partial charge in [0.15, 0.2) is 12.4 Å². The molecule has 0 aliphatic rings. The van der Waals surface area contributed by atoms with E-state index in [0.717, 1.165) is 78.0 Å². The van der Waals surface area contributed by atoms with Gasteiger partial charge in [0.25, 0.3) is 5.69 Å². The van der Waals surface area contributed by atoms with E-state index in [1.807, 2.05) is 18.2 Å². The molecule has 0 aliphatic carbocycles. The van der Waals surface area contributed by atoms with Crippen molar-refractivity contribution in [3.63, 3.8) is 0 Å². The fourth-order valence-corrected chi connectivity index (χ4v) is 7.56. The first-order chi connectivity index (χ1) is 26.3. The monoisotopic (exact) mass is 704 g/mol. The van der Waals surface area contributed by atoms with Crippen molar-refractivity contribution in [2.45, 2.75) is 13.8 Å². The van der Waals surface area contributed by atoms with Gasteiger partial charge in [-0.25, -0.2) is 13.9 Å². The van der Waals surface area contributed by atoms with Crippen LogP contribution in [0.4, 0.5) is 0 Å². The van der Waals surface area contributed by atoms with Crippen LogP contribution in [-0.4, -0.2) is 13.1 Å². The fraction of sp³-hybridized carbons (Fsp3) is 0.102. The zero-order valence-corrected chi connectivity index (χ0v) is 31.2. The molecule has 0 bridgehead atoms. The van der Waals surface area contributed by atoms with Crippen molar-refractivity contribution in [3.8, 4) is 61.7 Å². The third-order valence-electron chi connectivity index (χ3n) is 10.3. The van der Waals surface area contributed by atoms with Crippen LogP contribution in [0.3, 0.4) is 0 Å². The Hall–Kier alpha value is -6.72. The highest BCUT2D eigenvalue weighted by Gasteiger charge is 2.38. The molecule has 0 radical (unpaired) electrons. The van der Waals surface area contributed by atoms with Crippen LogP contribution >= 0.6 is 0 Å². The van der Waals surface area contributed by atoms with E-state index in [0.29, 0.717) is 5.69 Å². The molecule has 0 fully saturated rings. The normalized spacial score (nSPS) is 11.1. The van der Waals surface area contributed by atoms with Crippen molar-refractivity contribution in [1.82, 2.24) is 0 Å². The minimum absolute atomic E-state index is 0.422. The molecule has 3 aromatic heterocycles. The molecule has 54 heavy (non-hydrogen) atoms. The number of hydrogen-bond donors (Lipinski definition) is 0. The summed E-state index contributed by atoms with van der Waals surface area (Å²) in [5.74, 6) is -0.428. The number of fused-ring (bicyclic) bond motifs is 1. The van der Waals surface area contributed by atoms with Crippen molar-refractivity contribution >= 4 is 16.7 Å². The first-order valence-electron chi connectivity index (χ1n) is 18.2. The lowest BCUT2D eigenvalue weighted by molar-refractivity contribution is -0.661. The van der Waals surface area contributed by atoms with Crippen molar-refractivity contribution in [2.24, 2.45) is 14.1 Å². The smallest absolute Gasteiger partial charge is 0.403 e. The number of carbonyl (C=O) groups excluding carboxylic acids is 1. The maximum Gasteiger partial charge on any atom is 0.403 e. The molecule has 262 valence electrons. The number of aryl methyl sites for hydroxylation is 4. The summed E-state index contributed by atoms with van der Waals surface area (Å²) in [4.78, 5) is 14.4. The van der Waals surface area contributed by atoms with Gasteiger partial charge in [-0.3, -0.25) is 0 Å². The number of rotatable bonds is 7. The summed E-state index contributed by atoms with van der Waals surface area (Å²) in [7, 11) is 5.62. The number of ether oxygens (including phenoxy) is 1. The number of esters is 1. The number of hydrogen-bond acceptors (Lipinski definition) is 2. The number of pyridine rings is 3. The second-order valence-corrected chi connectivity index (χ2v) is 13.9. The van der Waals surface area contributed by atoms with Crippen LogP contribution < -0.4 is 13.7 Å². The quantitative estimate of drug-likeness (QED) is 0.123. The Morgan fingerprint density at radius 1 is 0.537 bits per heavy atom. The van der Waals surface area contributed by atoms with E-state index >= 15 is 0 Å². The summed E-state index contributed by atoms with van der Waals surface area (Å²) in [6, 6.07) is 53.0. The molecular weight excluding hydrogens is 663 g/mol. The molecule has 3 heterocycles. The molecule has 0 atom stereocenters. The lowest BCUT2D eigenvalue weighted by atomic mass is 9.90. The van der Waals surface area contributed by atoms with E-state index in [4.69, 9.17) is 4.74 Å². The van der Waals surface area contributed by atoms with E-state index in [1.165, 1.54) is 12.7 Å². The Kier molecular flexibility index (Phi) is 9.14. The summed E-state index contributed by atoms with van der Waals surface area (Å²) in [5, 5.41) is 2.23. The van der Waals surface area contributed by atoms with Crippen molar-refractivity contribution in [3.05, 3.63) is 181 Å². The molecule has 5 aromatic carbocycles. The summed E-state index contributed by atoms with van der Waals surface area (Å²) in [6.45, 7) is 4.21. The molecular formula is C49H42N3O2+3. The third-order valence-corrected chi connectivity index (χ3v) is 10.3. The largest absolute Gasteiger partial charge is 0.461 e. The van der Waals surface area contributed by atoms with E-state index in [2.05, 4.69) is 187 Å². The van der Waals surface area contributed by atoms with Crippen LogP contribution in [0.15, 0.2) is 164 Å². The predicted molar refractivity (Wildman–Crippen MR) is 216 cm³/mol. The van der Waals surface area contributed by atoms with Gasteiger partial charge in [0.1, 0.15) is 25.2 Å². The minimum Gasteiger partial charge on any atom is -0.461 e. The Morgan fingerprint density at radius 3 is 1.96 bits per heavy atom. The number of carbonyl (C=O) groups is 1. The zero-order chi connectivity index (χ0) is 37.3. The molecule has 8 rings (SSSR count). The van der Waals surface area contributed by atoms with Crippen molar-refractivity contribution in [1.29, 1.82) is 0 Å². The van der Waals surface area contributed by atoms with Crippen LogP contribution in [-0.2, 0) is 18.8 Å². The van der Waals surface area contributed by atoms with Crippen LogP contribution in [0.25, 0.3) is 72.5 Å². The van der Waals surface area contributed by atoms with Gasteiger partial charge in [-0.05, 0) is 77.4 Å². The topological polar surface area (TPSA) is 37.9 Å². The maximum absolute atomic E-state index is 14.4. The summed E-state index contributed by atoms with van der Waals surface area (Å²) in [6.07, 6.45) is 4.19. The molecule has 8 aromatic rings. The SMILES string of the molecule is COC(=O)c1cc(-c2ccc(C)cc2)cc(-c2ccccc2C)[n+]1-c1c(-c2cccc[n+]2C)cc(-c2ccccc2)cc1-c1c2ccccc2cc[n+]1C. The molecule has 0 amide bonds. The van der Waals surface area contributed by atoms with Gasteiger partial charge in [0.2, 0.25) is 22.8 Å². The van der Waals surface area contributed by atoms with Gasteiger partial charge in [-0.2, -0.15) is 0 Å². The zero-order valence-electron chi connectivity index (χ0n) is 31.2. The van der Waals surface area contributed by atoms with Gasteiger partial charge in [-0.15, -0.1) is 4.57 Å². The summed E-state index contributed by atoms with van der Waals surface area (Å²) >= 11 is 0.